The van der Waals surface area contributed by atoms with Crippen LogP contribution in [-0.4, -0.2) is 28.7 Å². The van der Waals surface area contributed by atoms with Gasteiger partial charge < -0.3 is 4.74 Å². The van der Waals surface area contributed by atoms with E-state index >= 15 is 0 Å². The van der Waals surface area contributed by atoms with Crippen LogP contribution in [0.15, 0.2) is 42.5 Å². The highest BCUT2D eigenvalue weighted by molar-refractivity contribution is 6.31. The van der Waals surface area contributed by atoms with Crippen LogP contribution in [0.1, 0.15) is 46.5 Å². The van der Waals surface area contributed by atoms with Crippen molar-refractivity contribution in [3.8, 4) is 0 Å². The standard InChI is InChI=1S/C21H19ClFNO4/c1-12(2)10-18(21(27)28-11-15-16(22)8-5-9-17(15)23)24-19(25)13-6-3-4-7-14(13)20(24)26/h3-9,12,18H,10-11H2,1-2H3. The first-order valence-corrected chi connectivity index (χ1v) is 9.25. The van der Waals surface area contributed by atoms with Gasteiger partial charge in [0.25, 0.3) is 11.8 Å². The summed E-state index contributed by atoms with van der Waals surface area (Å²) < 4.78 is 19.2. The fourth-order valence-electron chi connectivity index (χ4n) is 3.15. The van der Waals surface area contributed by atoms with Gasteiger partial charge in [0.15, 0.2) is 0 Å². The second-order valence-corrected chi connectivity index (χ2v) is 7.39. The Kier molecular flexibility index (Phi) is 5.79. The van der Waals surface area contributed by atoms with Gasteiger partial charge in [-0.1, -0.05) is 43.6 Å². The van der Waals surface area contributed by atoms with Crippen LogP contribution < -0.4 is 0 Å². The summed E-state index contributed by atoms with van der Waals surface area (Å²) in [6.45, 7) is 3.35. The van der Waals surface area contributed by atoms with E-state index in [1.165, 1.54) is 18.2 Å². The first-order chi connectivity index (χ1) is 13.3. The molecule has 1 aliphatic rings. The fraction of sp³-hybridized carbons (Fsp3) is 0.286. The molecule has 0 fully saturated rings. The quantitative estimate of drug-likeness (QED) is 0.534. The molecule has 0 bridgehead atoms. The summed E-state index contributed by atoms with van der Waals surface area (Å²) >= 11 is 5.96. The van der Waals surface area contributed by atoms with Crippen molar-refractivity contribution >= 4 is 29.4 Å². The van der Waals surface area contributed by atoms with Crippen molar-refractivity contribution in [2.45, 2.75) is 32.9 Å². The molecule has 0 spiro atoms. The minimum absolute atomic E-state index is 0.0129. The van der Waals surface area contributed by atoms with Gasteiger partial charge in [-0.3, -0.25) is 14.5 Å². The number of ether oxygens (including phenoxy) is 1. The monoisotopic (exact) mass is 403 g/mol. The first-order valence-electron chi connectivity index (χ1n) is 8.87. The Morgan fingerprint density at radius 2 is 1.68 bits per heavy atom. The Hall–Kier alpha value is -2.73. The molecule has 2 aromatic carbocycles. The minimum Gasteiger partial charge on any atom is -0.459 e. The van der Waals surface area contributed by atoms with E-state index in [1.54, 1.807) is 24.3 Å². The average molecular weight is 404 g/mol. The second kappa shape index (κ2) is 8.10. The molecule has 0 saturated carbocycles. The highest BCUT2D eigenvalue weighted by Gasteiger charge is 2.43. The SMILES string of the molecule is CC(C)CC(C(=O)OCc1c(F)cccc1Cl)N1C(=O)c2ccccc2C1=O. The van der Waals surface area contributed by atoms with Gasteiger partial charge in [-0.05, 0) is 36.6 Å². The number of rotatable bonds is 6. The van der Waals surface area contributed by atoms with E-state index in [4.69, 9.17) is 16.3 Å². The van der Waals surface area contributed by atoms with Gasteiger partial charge >= 0.3 is 5.97 Å². The van der Waals surface area contributed by atoms with E-state index in [0.717, 1.165) is 4.90 Å². The molecule has 28 heavy (non-hydrogen) atoms. The highest BCUT2D eigenvalue weighted by Crippen LogP contribution is 2.28. The Labute approximate surface area is 167 Å². The smallest absolute Gasteiger partial charge is 0.329 e. The molecule has 5 nitrogen and oxygen atoms in total. The first kappa shape index (κ1) is 20.0. The lowest BCUT2D eigenvalue weighted by molar-refractivity contribution is -0.150. The highest BCUT2D eigenvalue weighted by atomic mass is 35.5. The molecule has 0 saturated heterocycles. The number of amides is 2. The molecule has 0 aromatic heterocycles. The Bertz CT molecular complexity index is 889. The number of hydrogen-bond donors (Lipinski definition) is 0. The van der Waals surface area contributed by atoms with Crippen LogP contribution in [0.4, 0.5) is 4.39 Å². The van der Waals surface area contributed by atoms with Crippen LogP contribution in [-0.2, 0) is 16.1 Å². The second-order valence-electron chi connectivity index (χ2n) is 6.98. The summed E-state index contributed by atoms with van der Waals surface area (Å²) in [5.74, 6) is -2.43. The maximum absolute atomic E-state index is 13.9. The van der Waals surface area contributed by atoms with E-state index in [1.807, 2.05) is 13.8 Å². The molecule has 0 N–H and O–H groups in total. The van der Waals surface area contributed by atoms with E-state index < -0.39 is 29.6 Å². The van der Waals surface area contributed by atoms with E-state index in [9.17, 15) is 18.8 Å². The van der Waals surface area contributed by atoms with Crippen molar-refractivity contribution < 1.29 is 23.5 Å². The van der Waals surface area contributed by atoms with Gasteiger partial charge in [-0.15, -0.1) is 0 Å². The van der Waals surface area contributed by atoms with Crippen molar-refractivity contribution in [3.63, 3.8) is 0 Å². The molecule has 3 rings (SSSR count). The normalized spacial score (nSPS) is 14.4. The molecule has 1 heterocycles. The van der Waals surface area contributed by atoms with E-state index in [2.05, 4.69) is 0 Å². The molecule has 1 unspecified atom stereocenters. The van der Waals surface area contributed by atoms with E-state index in [-0.39, 0.29) is 40.7 Å². The molecule has 0 radical (unpaired) electrons. The topological polar surface area (TPSA) is 63.7 Å². The fourth-order valence-corrected chi connectivity index (χ4v) is 3.37. The Balaban J connectivity index is 1.84. The molecule has 1 aliphatic heterocycles. The Morgan fingerprint density at radius 1 is 1.07 bits per heavy atom. The number of carbonyl (C=O) groups is 3. The zero-order valence-corrected chi connectivity index (χ0v) is 16.2. The number of hydrogen-bond acceptors (Lipinski definition) is 4. The van der Waals surface area contributed by atoms with Gasteiger partial charge in [0.05, 0.1) is 16.1 Å². The number of imide groups is 1. The molecule has 0 aliphatic carbocycles. The molecule has 1 atom stereocenters. The third kappa shape index (κ3) is 3.78. The summed E-state index contributed by atoms with van der Waals surface area (Å²) in [5, 5.41) is 0.133. The van der Waals surface area contributed by atoms with Crippen LogP contribution >= 0.6 is 11.6 Å². The van der Waals surface area contributed by atoms with Gasteiger partial charge in [0.2, 0.25) is 0 Å². The van der Waals surface area contributed by atoms with E-state index in [0.29, 0.717) is 0 Å². The van der Waals surface area contributed by atoms with Crippen LogP contribution in [0, 0.1) is 11.7 Å². The molecular weight excluding hydrogens is 385 g/mol. The summed E-state index contributed by atoms with van der Waals surface area (Å²) in [6.07, 6.45) is 0.231. The third-order valence-electron chi connectivity index (χ3n) is 4.52. The van der Waals surface area contributed by atoms with Crippen LogP contribution in [0.5, 0.6) is 0 Å². The number of fused-ring (bicyclic) bond motifs is 1. The maximum atomic E-state index is 13.9. The summed E-state index contributed by atoms with van der Waals surface area (Å²) in [6, 6.07) is 9.46. The van der Waals surface area contributed by atoms with Crippen molar-refractivity contribution in [3.05, 3.63) is 70.0 Å². The van der Waals surface area contributed by atoms with Crippen molar-refractivity contribution in [1.29, 1.82) is 0 Å². The van der Waals surface area contributed by atoms with Gasteiger partial charge in [-0.25, -0.2) is 9.18 Å². The number of benzene rings is 2. The zero-order chi connectivity index (χ0) is 20.4. The lowest BCUT2D eigenvalue weighted by Gasteiger charge is -2.26. The van der Waals surface area contributed by atoms with Crippen LogP contribution in [0.3, 0.4) is 0 Å². The van der Waals surface area contributed by atoms with Crippen molar-refractivity contribution in [2.24, 2.45) is 5.92 Å². The number of esters is 1. The number of halogens is 2. The van der Waals surface area contributed by atoms with Gasteiger partial charge in [0.1, 0.15) is 18.5 Å². The minimum atomic E-state index is -1.10. The average Bonchev–Trinajstić information content (AvgIpc) is 2.90. The molecule has 146 valence electrons. The number of nitrogens with zero attached hydrogens (tertiary/aromatic N) is 1. The predicted octanol–water partition coefficient (Wildman–Crippen LogP) is 4.23. The number of carbonyl (C=O) groups excluding carboxylic acids is 3. The Morgan fingerprint density at radius 3 is 2.21 bits per heavy atom. The predicted molar refractivity (Wildman–Crippen MR) is 101 cm³/mol. The van der Waals surface area contributed by atoms with Crippen LogP contribution in [0.2, 0.25) is 5.02 Å². The van der Waals surface area contributed by atoms with Gasteiger partial charge in [-0.2, -0.15) is 0 Å². The third-order valence-corrected chi connectivity index (χ3v) is 4.88. The molecule has 2 amide bonds. The lowest BCUT2D eigenvalue weighted by Crippen LogP contribution is -2.46. The molecule has 7 heteroatoms. The zero-order valence-electron chi connectivity index (χ0n) is 15.4. The lowest BCUT2D eigenvalue weighted by atomic mass is 10.0. The molecule has 2 aromatic rings. The maximum Gasteiger partial charge on any atom is 0.329 e. The van der Waals surface area contributed by atoms with Crippen molar-refractivity contribution in [1.82, 2.24) is 4.90 Å². The van der Waals surface area contributed by atoms with Crippen LogP contribution in [0.25, 0.3) is 0 Å². The van der Waals surface area contributed by atoms with Gasteiger partial charge in [0, 0.05) is 5.56 Å². The summed E-state index contributed by atoms with van der Waals surface area (Å²) in [7, 11) is 0. The summed E-state index contributed by atoms with van der Waals surface area (Å²) in [4.78, 5) is 39.2. The molecular formula is C21H19ClFNO4. The summed E-state index contributed by atoms with van der Waals surface area (Å²) in [5.41, 5.74) is 0.556. The largest absolute Gasteiger partial charge is 0.459 e. The van der Waals surface area contributed by atoms with Crippen molar-refractivity contribution in [2.75, 3.05) is 0 Å².